The number of pyridine rings is 1. The fraction of sp³-hybridized carbons (Fsp3) is 0.107. The van der Waals surface area contributed by atoms with Gasteiger partial charge < -0.3 is 4.57 Å². The molecule has 0 aliphatic rings. The average molecular weight is 425 g/mol. The van der Waals surface area contributed by atoms with Crippen LogP contribution in [-0.2, 0) is 6.54 Å². The Morgan fingerprint density at radius 3 is 2.39 bits per heavy atom. The molecular formula is C28H25ClN2. The highest BCUT2D eigenvalue weighted by molar-refractivity contribution is 5.95. The third-order valence-corrected chi connectivity index (χ3v) is 6.12. The second-order valence-corrected chi connectivity index (χ2v) is 7.86. The monoisotopic (exact) mass is 424 g/mol. The second kappa shape index (κ2) is 8.41. The Morgan fingerprint density at radius 2 is 1.65 bits per heavy atom. The van der Waals surface area contributed by atoms with Crippen molar-refractivity contribution >= 4 is 40.2 Å². The average Bonchev–Trinajstić information content (AvgIpc) is 3.04. The highest BCUT2D eigenvalue weighted by Gasteiger charge is 2.16. The molecule has 0 N–H and O–H groups in total. The van der Waals surface area contributed by atoms with Gasteiger partial charge in [-0.3, -0.25) is 4.98 Å². The molecule has 0 amide bonds. The molecule has 0 saturated carbocycles. The smallest absolute Gasteiger partial charge is 0.0945 e. The third-order valence-electron chi connectivity index (χ3n) is 6.12. The Bertz CT molecular complexity index is 1390. The Balaban J connectivity index is 0.00000231. The first-order valence-corrected chi connectivity index (χ1v) is 10.3. The van der Waals surface area contributed by atoms with Crippen LogP contribution in [0.3, 0.4) is 0 Å². The van der Waals surface area contributed by atoms with E-state index in [1.54, 1.807) is 0 Å². The fourth-order valence-electron chi connectivity index (χ4n) is 4.30. The number of aromatic nitrogens is 2. The van der Waals surface area contributed by atoms with Crippen molar-refractivity contribution in [1.29, 1.82) is 0 Å². The Labute approximate surface area is 189 Å². The highest BCUT2D eigenvalue weighted by atomic mass is 35.5. The molecule has 2 aromatic heterocycles. The summed E-state index contributed by atoms with van der Waals surface area (Å²) in [5.41, 5.74) is 8.37. The first kappa shape index (κ1) is 20.9. The van der Waals surface area contributed by atoms with E-state index < -0.39 is 0 Å². The largest absolute Gasteiger partial charge is 0.338 e. The molecule has 0 bridgehead atoms. The maximum atomic E-state index is 4.79. The van der Waals surface area contributed by atoms with E-state index in [1.165, 1.54) is 38.5 Å². The summed E-state index contributed by atoms with van der Waals surface area (Å²) in [6.45, 7) is 9.10. The first-order chi connectivity index (χ1) is 14.7. The van der Waals surface area contributed by atoms with E-state index in [0.29, 0.717) is 0 Å². The number of nitrogens with zero attached hydrogens (tertiary/aromatic N) is 2. The van der Waals surface area contributed by atoms with Gasteiger partial charge in [-0.05, 0) is 53.4 Å². The quantitative estimate of drug-likeness (QED) is 0.290. The molecule has 3 heteroatoms. The second-order valence-electron chi connectivity index (χ2n) is 7.86. The molecular weight excluding hydrogens is 400 g/mol. The van der Waals surface area contributed by atoms with Gasteiger partial charge in [-0.15, -0.1) is 12.4 Å². The summed E-state index contributed by atoms with van der Waals surface area (Å²) in [4.78, 5) is 4.79. The minimum Gasteiger partial charge on any atom is -0.338 e. The number of hydrogen-bond acceptors (Lipinski definition) is 1. The summed E-state index contributed by atoms with van der Waals surface area (Å²) < 4.78 is 2.42. The van der Waals surface area contributed by atoms with Gasteiger partial charge in [0.1, 0.15) is 0 Å². The topological polar surface area (TPSA) is 17.8 Å². The number of halogens is 1. The van der Waals surface area contributed by atoms with Gasteiger partial charge in [0.2, 0.25) is 0 Å². The van der Waals surface area contributed by atoms with Gasteiger partial charge in [0.25, 0.3) is 0 Å². The summed E-state index contributed by atoms with van der Waals surface area (Å²) in [5.74, 6) is 0. The zero-order valence-electron chi connectivity index (χ0n) is 17.8. The molecule has 3 aromatic carbocycles. The van der Waals surface area contributed by atoms with E-state index in [-0.39, 0.29) is 12.4 Å². The molecule has 154 valence electrons. The Hall–Kier alpha value is -3.36. The summed E-state index contributed by atoms with van der Waals surface area (Å²) in [5, 5.41) is 3.82. The predicted molar refractivity (Wildman–Crippen MR) is 135 cm³/mol. The van der Waals surface area contributed by atoms with Crippen molar-refractivity contribution < 1.29 is 0 Å². The van der Waals surface area contributed by atoms with Gasteiger partial charge in [-0.1, -0.05) is 73.3 Å². The maximum Gasteiger partial charge on any atom is 0.0945 e. The van der Waals surface area contributed by atoms with Crippen molar-refractivity contribution in [3.63, 3.8) is 0 Å². The summed E-state index contributed by atoms with van der Waals surface area (Å²) in [7, 11) is 0. The number of rotatable bonds is 4. The van der Waals surface area contributed by atoms with Crippen LogP contribution in [0, 0.1) is 13.8 Å². The lowest BCUT2D eigenvalue weighted by Gasteiger charge is -2.12. The zero-order chi connectivity index (χ0) is 20.7. The molecule has 0 unspecified atom stereocenters. The molecule has 0 saturated heterocycles. The summed E-state index contributed by atoms with van der Waals surface area (Å²) in [6.07, 6.45) is 3.79. The van der Waals surface area contributed by atoms with Gasteiger partial charge in [0.15, 0.2) is 0 Å². The molecule has 0 atom stereocenters. The van der Waals surface area contributed by atoms with Gasteiger partial charge in [0.05, 0.1) is 11.2 Å². The van der Waals surface area contributed by atoms with Crippen molar-refractivity contribution in [2.24, 2.45) is 0 Å². The van der Waals surface area contributed by atoms with Crippen LogP contribution in [0.4, 0.5) is 0 Å². The Morgan fingerprint density at radius 1 is 0.903 bits per heavy atom. The SMILES string of the molecule is C=Cc1ccc(-c2nccc3c(C)c(C)n(Cc4ccc5ccccc5c4)c23)cc1.Cl. The predicted octanol–water partition coefficient (Wildman–Crippen LogP) is 7.59. The minimum absolute atomic E-state index is 0. The van der Waals surface area contributed by atoms with Crippen LogP contribution in [0.15, 0.2) is 85.6 Å². The zero-order valence-corrected chi connectivity index (χ0v) is 18.6. The van der Waals surface area contributed by atoms with Gasteiger partial charge >= 0.3 is 0 Å². The van der Waals surface area contributed by atoms with Crippen LogP contribution in [0.5, 0.6) is 0 Å². The van der Waals surface area contributed by atoms with Crippen molar-refractivity contribution in [2.75, 3.05) is 0 Å². The summed E-state index contributed by atoms with van der Waals surface area (Å²) >= 11 is 0. The molecule has 31 heavy (non-hydrogen) atoms. The van der Waals surface area contributed by atoms with Crippen LogP contribution in [-0.4, -0.2) is 9.55 Å². The van der Waals surface area contributed by atoms with E-state index in [0.717, 1.165) is 23.4 Å². The standard InChI is InChI=1S/C28H24N2.ClH/c1-4-21-9-13-24(14-10-21)27-28-26(15-16-29-27)19(2)20(3)30(28)18-22-11-12-23-7-5-6-8-25(23)17-22;/h4-17H,1,18H2,2-3H3;1H. The van der Waals surface area contributed by atoms with Crippen LogP contribution in [0.1, 0.15) is 22.4 Å². The molecule has 0 aliphatic carbocycles. The molecule has 5 rings (SSSR count). The van der Waals surface area contributed by atoms with E-state index in [2.05, 4.69) is 97.8 Å². The van der Waals surface area contributed by atoms with Gasteiger partial charge in [-0.25, -0.2) is 0 Å². The van der Waals surface area contributed by atoms with Gasteiger partial charge in [-0.2, -0.15) is 0 Å². The molecule has 0 aliphatic heterocycles. The van der Waals surface area contributed by atoms with Crippen molar-refractivity contribution in [3.8, 4) is 11.3 Å². The van der Waals surface area contributed by atoms with Crippen molar-refractivity contribution in [3.05, 3.63) is 108 Å². The van der Waals surface area contributed by atoms with E-state index in [1.807, 2.05) is 12.3 Å². The number of hydrogen-bond donors (Lipinski definition) is 0. The molecule has 0 fully saturated rings. The minimum atomic E-state index is 0. The van der Waals surface area contributed by atoms with E-state index in [4.69, 9.17) is 4.98 Å². The fourth-order valence-corrected chi connectivity index (χ4v) is 4.30. The lowest BCUT2D eigenvalue weighted by Crippen LogP contribution is -2.03. The normalized spacial score (nSPS) is 10.9. The third kappa shape index (κ3) is 3.64. The summed E-state index contributed by atoms with van der Waals surface area (Å²) in [6, 6.07) is 25.9. The molecule has 2 nitrogen and oxygen atoms in total. The van der Waals surface area contributed by atoms with Crippen molar-refractivity contribution in [2.45, 2.75) is 20.4 Å². The van der Waals surface area contributed by atoms with E-state index in [9.17, 15) is 0 Å². The van der Waals surface area contributed by atoms with Gasteiger partial charge in [0, 0.05) is 29.4 Å². The lowest BCUT2D eigenvalue weighted by molar-refractivity contribution is 0.801. The van der Waals surface area contributed by atoms with Crippen LogP contribution in [0.25, 0.3) is 39.0 Å². The Kier molecular flexibility index (Phi) is 5.67. The number of aryl methyl sites for hydroxylation is 1. The van der Waals surface area contributed by atoms with Crippen LogP contribution in [0.2, 0.25) is 0 Å². The maximum absolute atomic E-state index is 4.79. The molecule has 0 spiro atoms. The van der Waals surface area contributed by atoms with Crippen LogP contribution >= 0.6 is 12.4 Å². The highest BCUT2D eigenvalue weighted by Crippen LogP contribution is 2.33. The molecule has 2 heterocycles. The van der Waals surface area contributed by atoms with Crippen molar-refractivity contribution in [1.82, 2.24) is 9.55 Å². The molecule has 0 radical (unpaired) electrons. The number of benzene rings is 3. The number of fused-ring (bicyclic) bond motifs is 2. The molecule has 5 aromatic rings. The van der Waals surface area contributed by atoms with E-state index >= 15 is 0 Å². The van der Waals surface area contributed by atoms with Crippen LogP contribution < -0.4 is 0 Å². The lowest BCUT2D eigenvalue weighted by atomic mass is 10.1. The first-order valence-electron chi connectivity index (χ1n) is 10.3.